The zero-order valence-electron chi connectivity index (χ0n) is 17.4. The van der Waals surface area contributed by atoms with Crippen LogP contribution in [0.2, 0.25) is 0 Å². The fourth-order valence-corrected chi connectivity index (χ4v) is 4.72. The molecule has 1 aliphatic rings. The molecule has 0 bridgehead atoms. The van der Waals surface area contributed by atoms with Gasteiger partial charge in [0.05, 0.1) is 19.5 Å². The lowest BCUT2D eigenvalue weighted by molar-refractivity contribution is -1.10. The summed E-state index contributed by atoms with van der Waals surface area (Å²) in [4.78, 5) is 18.1. The van der Waals surface area contributed by atoms with Gasteiger partial charge in [-0.25, -0.2) is 33.2 Å². The molecule has 0 radical (unpaired) electrons. The van der Waals surface area contributed by atoms with Gasteiger partial charge in [0.2, 0.25) is 5.88 Å². The van der Waals surface area contributed by atoms with E-state index in [1.165, 1.54) is 33.2 Å². The van der Waals surface area contributed by atoms with Crippen LogP contribution in [0.4, 0.5) is 18.9 Å². The average molecular weight is 473 g/mol. The van der Waals surface area contributed by atoms with E-state index in [0.29, 0.717) is 11.8 Å². The number of thioether (sulfide) groups is 1. The maximum atomic E-state index is 14.7. The van der Waals surface area contributed by atoms with Gasteiger partial charge in [0.15, 0.2) is 4.75 Å². The van der Waals surface area contributed by atoms with E-state index in [4.69, 9.17) is 10.5 Å². The SMILES string of the molecule is COc1cnc(C(=O)Nc2ccc(F)c([C@]3(C(F)F)C[N+]([O-])(O)C(C)(C)C(N)S3)c2)cn1. The summed E-state index contributed by atoms with van der Waals surface area (Å²) in [5, 5.41) is 24.3. The Morgan fingerprint density at radius 1 is 1.41 bits per heavy atom. The molecule has 0 aliphatic carbocycles. The number of nitrogens with one attached hydrogen (secondary N) is 1. The normalized spacial score (nSPS) is 27.2. The van der Waals surface area contributed by atoms with E-state index in [2.05, 4.69) is 15.3 Å². The third kappa shape index (κ3) is 4.13. The summed E-state index contributed by atoms with van der Waals surface area (Å²) >= 11 is 0.510. The quantitative estimate of drug-likeness (QED) is 0.446. The van der Waals surface area contributed by atoms with Crippen LogP contribution in [-0.4, -0.2) is 56.9 Å². The maximum Gasteiger partial charge on any atom is 0.275 e. The first-order chi connectivity index (χ1) is 14.8. The molecule has 2 unspecified atom stereocenters. The zero-order chi connectivity index (χ0) is 23.9. The Balaban J connectivity index is 1.98. The van der Waals surface area contributed by atoms with Gasteiger partial charge in [-0.05, 0) is 32.0 Å². The smallest absolute Gasteiger partial charge is 0.275 e. The highest BCUT2D eigenvalue weighted by atomic mass is 32.2. The van der Waals surface area contributed by atoms with E-state index < -0.39 is 50.7 Å². The Kier molecular flexibility index (Phi) is 6.41. The molecule has 4 N–H and O–H groups in total. The van der Waals surface area contributed by atoms with Crippen LogP contribution in [0.15, 0.2) is 30.6 Å². The number of nitrogens with two attached hydrogens (primary N) is 1. The second-order valence-corrected chi connectivity index (χ2v) is 9.31. The molecule has 1 amide bonds. The summed E-state index contributed by atoms with van der Waals surface area (Å²) in [5.41, 5.74) is 3.75. The molecular formula is C19H22F3N5O4S. The Morgan fingerprint density at radius 2 is 2.09 bits per heavy atom. The molecule has 3 rings (SSSR count). The number of hydrogen-bond donors (Lipinski definition) is 3. The number of halogens is 3. The van der Waals surface area contributed by atoms with Gasteiger partial charge in [0.25, 0.3) is 12.3 Å². The predicted molar refractivity (Wildman–Crippen MR) is 111 cm³/mol. The number of carbonyl (C=O) groups is 1. The van der Waals surface area contributed by atoms with Crippen LogP contribution in [-0.2, 0) is 4.75 Å². The van der Waals surface area contributed by atoms with Crippen molar-refractivity contribution >= 4 is 23.4 Å². The van der Waals surface area contributed by atoms with Crippen LogP contribution in [0.25, 0.3) is 0 Å². The minimum absolute atomic E-state index is 0.0232. The number of ether oxygens (including phenoxy) is 1. The highest BCUT2D eigenvalue weighted by Crippen LogP contribution is 2.53. The molecule has 32 heavy (non-hydrogen) atoms. The van der Waals surface area contributed by atoms with E-state index in [1.807, 2.05) is 0 Å². The first kappa shape index (κ1) is 24.2. The summed E-state index contributed by atoms with van der Waals surface area (Å²) in [6, 6.07) is 3.05. The van der Waals surface area contributed by atoms with E-state index in [0.717, 1.165) is 18.3 Å². The molecule has 2 aromatic rings. The van der Waals surface area contributed by atoms with Crippen molar-refractivity contribution < 1.29 is 32.7 Å². The number of carbonyl (C=O) groups excluding carboxylic acids is 1. The summed E-state index contributed by atoms with van der Waals surface area (Å²) in [6.07, 6.45) is -0.890. The van der Waals surface area contributed by atoms with Crippen LogP contribution in [0.1, 0.15) is 29.9 Å². The highest BCUT2D eigenvalue weighted by Gasteiger charge is 2.61. The number of anilines is 1. The first-order valence-corrected chi connectivity index (χ1v) is 10.2. The molecule has 1 aromatic carbocycles. The number of nitrogens with zero attached hydrogens (tertiary/aromatic N) is 3. The third-order valence-electron chi connectivity index (χ3n) is 5.49. The van der Waals surface area contributed by atoms with Gasteiger partial charge in [-0.15, -0.1) is 11.8 Å². The fraction of sp³-hybridized carbons (Fsp3) is 0.421. The van der Waals surface area contributed by atoms with Gasteiger partial charge in [-0.1, -0.05) is 0 Å². The number of hydrogen-bond acceptors (Lipinski definition) is 8. The van der Waals surface area contributed by atoms with Crippen LogP contribution >= 0.6 is 11.8 Å². The molecular weight excluding hydrogens is 451 g/mol. The molecule has 3 atom stereocenters. The molecule has 1 fully saturated rings. The van der Waals surface area contributed by atoms with Gasteiger partial charge >= 0.3 is 0 Å². The molecule has 2 heterocycles. The largest absolute Gasteiger partial charge is 0.598 e. The molecule has 174 valence electrons. The van der Waals surface area contributed by atoms with E-state index in [-0.39, 0.29) is 17.3 Å². The number of rotatable bonds is 5. The number of hydroxylamine groups is 4. The van der Waals surface area contributed by atoms with E-state index in [1.54, 1.807) is 0 Å². The molecule has 1 saturated heterocycles. The van der Waals surface area contributed by atoms with Crippen LogP contribution in [0.3, 0.4) is 0 Å². The van der Waals surface area contributed by atoms with Crippen molar-refractivity contribution in [2.75, 3.05) is 19.0 Å². The highest BCUT2D eigenvalue weighted by molar-refractivity contribution is 8.01. The molecule has 1 aromatic heterocycles. The van der Waals surface area contributed by atoms with Crippen molar-refractivity contribution in [3.8, 4) is 5.88 Å². The zero-order valence-corrected chi connectivity index (χ0v) is 18.2. The Hall–Kier alpha value is -2.45. The van der Waals surface area contributed by atoms with Gasteiger partial charge < -0.3 is 21.0 Å². The van der Waals surface area contributed by atoms with Crippen molar-refractivity contribution in [3.63, 3.8) is 0 Å². The van der Waals surface area contributed by atoms with E-state index >= 15 is 0 Å². The minimum atomic E-state index is -3.25. The third-order valence-corrected chi connectivity index (χ3v) is 7.26. The second-order valence-electron chi connectivity index (χ2n) is 7.83. The number of aromatic nitrogens is 2. The van der Waals surface area contributed by atoms with Crippen LogP contribution in [0.5, 0.6) is 5.88 Å². The predicted octanol–water partition coefficient (Wildman–Crippen LogP) is 2.85. The lowest BCUT2D eigenvalue weighted by Gasteiger charge is -2.57. The standard InChI is InChI=1S/C19H22F3N5O4S/c1-18(2)17(23)32-19(16(21)22,9-27(18,29)30)11-6-10(4-5-12(11)20)26-15(28)13-7-25-14(31-3)8-24-13/h4-8,16-17,29H,9,23H2,1-3H3,(H,26,28)/t17?,19-/m0/s1. The molecule has 0 saturated carbocycles. The Morgan fingerprint density at radius 3 is 2.62 bits per heavy atom. The Labute approximate surface area is 185 Å². The van der Waals surface area contributed by atoms with Crippen molar-refractivity contribution in [2.45, 2.75) is 35.9 Å². The number of amides is 1. The maximum absolute atomic E-state index is 14.7. The van der Waals surface area contributed by atoms with Gasteiger partial charge in [0.1, 0.15) is 29.0 Å². The number of alkyl halides is 2. The molecule has 9 nitrogen and oxygen atoms in total. The summed E-state index contributed by atoms with van der Waals surface area (Å²) in [5.74, 6) is -1.58. The van der Waals surface area contributed by atoms with Crippen molar-refractivity contribution in [3.05, 3.63) is 52.9 Å². The summed E-state index contributed by atoms with van der Waals surface area (Å²) in [6.45, 7) is 1.64. The Bertz CT molecular complexity index is 1010. The monoisotopic (exact) mass is 473 g/mol. The second kappa shape index (κ2) is 8.48. The minimum Gasteiger partial charge on any atom is -0.598 e. The van der Waals surface area contributed by atoms with Gasteiger partial charge in [0, 0.05) is 11.3 Å². The molecule has 0 spiro atoms. The van der Waals surface area contributed by atoms with Gasteiger partial charge in [-0.2, -0.15) is 0 Å². The summed E-state index contributed by atoms with van der Waals surface area (Å²) in [7, 11) is 1.38. The molecule has 13 heteroatoms. The van der Waals surface area contributed by atoms with Crippen molar-refractivity contribution in [1.29, 1.82) is 0 Å². The van der Waals surface area contributed by atoms with Crippen molar-refractivity contribution in [1.82, 2.24) is 9.97 Å². The fourth-order valence-electron chi connectivity index (χ4n) is 3.18. The van der Waals surface area contributed by atoms with E-state index in [9.17, 15) is 28.4 Å². The lowest BCUT2D eigenvalue weighted by atomic mass is 9.93. The first-order valence-electron chi connectivity index (χ1n) is 9.35. The van der Waals surface area contributed by atoms with Gasteiger partial charge in [-0.3, -0.25) is 4.79 Å². The number of benzene rings is 1. The van der Waals surface area contributed by atoms with Crippen LogP contribution < -0.4 is 15.8 Å². The average Bonchev–Trinajstić information content (AvgIpc) is 2.73. The summed E-state index contributed by atoms with van der Waals surface area (Å²) < 4.78 is 45.8. The lowest BCUT2D eigenvalue weighted by Crippen LogP contribution is -2.71. The van der Waals surface area contributed by atoms with Crippen molar-refractivity contribution in [2.24, 2.45) is 5.73 Å². The van der Waals surface area contributed by atoms with Crippen LogP contribution in [0, 0.1) is 11.0 Å². The topological polar surface area (TPSA) is 133 Å². The molecule has 1 aliphatic heterocycles. The number of methoxy groups -OCH3 is 1. The number of quaternary nitrogens is 1.